The minimum Gasteiger partial charge on any atom is -0.385 e. The van der Waals surface area contributed by atoms with Crippen LogP contribution in [0.2, 0.25) is 0 Å². The number of piperidine rings is 1. The van der Waals surface area contributed by atoms with Crippen molar-refractivity contribution in [1.29, 1.82) is 0 Å². The highest BCUT2D eigenvalue weighted by Crippen LogP contribution is 2.43. The molecule has 1 aliphatic carbocycles. The molecule has 9 rings (SSSR count). The van der Waals surface area contributed by atoms with Gasteiger partial charge in [-0.15, -0.1) is 11.8 Å². The van der Waals surface area contributed by atoms with E-state index in [1.54, 1.807) is 30.3 Å². The number of allylic oxidation sites excluding steroid dienone is 2. The molecule has 26 heteroatoms. The van der Waals surface area contributed by atoms with E-state index in [2.05, 4.69) is 56.0 Å². The third-order valence-electron chi connectivity index (χ3n) is 16.9. The molecule has 0 bridgehead atoms. The fourth-order valence-corrected chi connectivity index (χ4v) is 14.8. The van der Waals surface area contributed by atoms with Crippen LogP contribution in [0.25, 0.3) is 0 Å². The molecule has 3 fully saturated rings. The predicted molar refractivity (Wildman–Crippen MR) is 327 cm³/mol. The van der Waals surface area contributed by atoms with Crippen molar-refractivity contribution in [2.24, 2.45) is 5.41 Å². The Morgan fingerprint density at radius 1 is 0.795 bits per heavy atom. The smallest absolute Gasteiger partial charge is 0.385 e. The maximum absolute atomic E-state index is 14.5. The number of sulfone groups is 1. The summed E-state index contributed by atoms with van der Waals surface area (Å²) in [4.78, 5) is 72.6. The topological polar surface area (TPSA) is 218 Å². The minimum absolute atomic E-state index is 0.0202. The van der Waals surface area contributed by atoms with E-state index >= 15 is 0 Å². The van der Waals surface area contributed by atoms with Crippen LogP contribution in [-0.2, 0) is 29.4 Å². The van der Waals surface area contributed by atoms with E-state index in [0.717, 1.165) is 71.0 Å². The van der Waals surface area contributed by atoms with Crippen LogP contribution in [0.15, 0.2) is 129 Å². The number of rotatable bonds is 25. The van der Waals surface area contributed by atoms with Crippen molar-refractivity contribution in [3.05, 3.63) is 131 Å². The molecule has 474 valence electrons. The first-order valence-corrected chi connectivity index (χ1v) is 33.5. The number of amides is 5. The standard InChI is InChI=1S/C62H74F5N9O9S3/c1-41(10-20-55(63)64)51-38-61(2,3)24-22-43(51)39-74-32-34-75(35-33-74)46-14-11-42(12-15-46)57(78)71-88(84,85)48-16-18-52(54(37-48)87(82,83)62(65,66)67)69-45(40-86-47-8-5-4-6-9-47)23-27-73-30-28-72(29-31-73)26-7-25-68-44-13-17-49-50(36-44)60(81)76(59(49)80)53-19-21-56(77)70-58(53)79/h4-6,8-9,11-18,36-37,45,53,55,68-69H,1,7,10,19-35,38-40H2,2-3H3,(H,71,78)(H,70,77,79)/t45-,53?/m1/s1. The molecule has 4 aliphatic heterocycles. The molecule has 2 atom stereocenters. The van der Waals surface area contributed by atoms with Crippen molar-refractivity contribution in [3.8, 4) is 0 Å². The number of carbonyl (C=O) groups excluding carboxylic acids is 5. The molecular weight excluding hydrogens is 1210 g/mol. The minimum atomic E-state index is -6.16. The SMILES string of the molecule is C=C(CCC(F)F)C1=C(CN2CCN(c3ccc(C(=O)NS(=O)(=O)c4ccc(N[C@H](CCN5CCN(CCCNc6ccc7c(c6)C(=O)N(C6CCC(=O)NC6=O)C7=O)CC5)CSc5ccccc5)c(S(=O)(=O)C(F)(F)F)c4)cc3)CC2)CCC(C)(C)C1. The maximum Gasteiger partial charge on any atom is 0.501 e. The number of nitrogens with one attached hydrogen (secondary N) is 4. The summed E-state index contributed by atoms with van der Waals surface area (Å²) in [5, 5.41) is 8.51. The Kier molecular flexibility index (Phi) is 20.9. The molecule has 5 amide bonds. The van der Waals surface area contributed by atoms with Crippen molar-refractivity contribution in [3.63, 3.8) is 0 Å². The molecule has 5 aliphatic rings. The van der Waals surface area contributed by atoms with Gasteiger partial charge in [0.25, 0.3) is 37.6 Å². The fourth-order valence-electron chi connectivity index (χ4n) is 11.8. The molecule has 18 nitrogen and oxygen atoms in total. The number of thioether (sulfide) groups is 1. The highest BCUT2D eigenvalue weighted by Gasteiger charge is 2.49. The van der Waals surface area contributed by atoms with Gasteiger partial charge < -0.3 is 25.3 Å². The summed E-state index contributed by atoms with van der Waals surface area (Å²) in [5.41, 5.74) is -1.41. The third kappa shape index (κ3) is 16.2. The quantitative estimate of drug-likeness (QED) is 0.0211. The number of carbonyl (C=O) groups is 5. The molecule has 4 aromatic carbocycles. The second-order valence-corrected chi connectivity index (χ2v) is 28.4. The average molecular weight is 1280 g/mol. The Balaban J connectivity index is 0.786. The number of halogens is 5. The highest BCUT2D eigenvalue weighted by molar-refractivity contribution is 7.99. The van der Waals surface area contributed by atoms with E-state index in [0.29, 0.717) is 95.9 Å². The van der Waals surface area contributed by atoms with Crippen molar-refractivity contribution in [2.45, 2.75) is 110 Å². The number of piperazine rings is 2. The van der Waals surface area contributed by atoms with Gasteiger partial charge in [0.15, 0.2) is 0 Å². The lowest BCUT2D eigenvalue weighted by atomic mass is 9.72. The average Bonchev–Trinajstić information content (AvgIpc) is 1.51. The predicted octanol–water partition coefficient (Wildman–Crippen LogP) is 8.81. The monoisotopic (exact) mass is 1280 g/mol. The summed E-state index contributed by atoms with van der Waals surface area (Å²) in [6.45, 7) is 16.5. The van der Waals surface area contributed by atoms with Gasteiger partial charge in [0.05, 0.1) is 21.7 Å². The molecule has 4 N–H and O–H groups in total. The van der Waals surface area contributed by atoms with Crippen molar-refractivity contribution < 1.29 is 62.8 Å². The molecule has 4 aromatic rings. The first kappa shape index (κ1) is 65.7. The second kappa shape index (κ2) is 28.0. The van der Waals surface area contributed by atoms with E-state index < -0.39 is 88.9 Å². The largest absolute Gasteiger partial charge is 0.501 e. The zero-order valence-electron chi connectivity index (χ0n) is 49.2. The number of hydrogen-bond donors (Lipinski definition) is 4. The zero-order chi connectivity index (χ0) is 63.1. The number of hydrogen-bond acceptors (Lipinski definition) is 16. The van der Waals surface area contributed by atoms with Crippen molar-refractivity contribution in [2.75, 3.05) is 99.8 Å². The van der Waals surface area contributed by atoms with E-state index in [1.807, 2.05) is 35.1 Å². The molecule has 0 radical (unpaired) electrons. The van der Waals surface area contributed by atoms with Gasteiger partial charge in [-0.05, 0) is 135 Å². The molecule has 0 spiro atoms. The number of imide groups is 2. The van der Waals surface area contributed by atoms with Gasteiger partial charge >= 0.3 is 5.51 Å². The van der Waals surface area contributed by atoms with E-state index in [9.17, 15) is 62.8 Å². The van der Waals surface area contributed by atoms with Crippen LogP contribution in [0.5, 0.6) is 0 Å². The molecule has 88 heavy (non-hydrogen) atoms. The van der Waals surface area contributed by atoms with Crippen molar-refractivity contribution in [1.82, 2.24) is 29.6 Å². The molecule has 0 aromatic heterocycles. The number of alkyl halides is 5. The van der Waals surface area contributed by atoms with Gasteiger partial charge in [0.2, 0.25) is 18.2 Å². The summed E-state index contributed by atoms with van der Waals surface area (Å²) in [5.74, 6) is -3.10. The number of sulfonamides is 1. The zero-order valence-corrected chi connectivity index (χ0v) is 51.6. The molecule has 1 unspecified atom stereocenters. The van der Waals surface area contributed by atoms with Crippen LogP contribution in [0.4, 0.5) is 39.0 Å². The second-order valence-electron chi connectivity index (χ2n) is 23.7. The van der Waals surface area contributed by atoms with E-state index in [-0.39, 0.29) is 47.8 Å². The van der Waals surface area contributed by atoms with Crippen LogP contribution in [-0.4, -0.2) is 174 Å². The number of benzene rings is 4. The molecule has 0 saturated carbocycles. The Morgan fingerprint density at radius 3 is 2.14 bits per heavy atom. The van der Waals surface area contributed by atoms with Gasteiger partial charge in [-0.3, -0.25) is 39.1 Å². The summed E-state index contributed by atoms with van der Waals surface area (Å²) in [7, 11) is -11.1. The van der Waals surface area contributed by atoms with Gasteiger partial charge in [0, 0.05) is 118 Å². The summed E-state index contributed by atoms with van der Waals surface area (Å²) in [6, 6.07) is 20.9. The van der Waals surface area contributed by atoms with Crippen molar-refractivity contribution >= 4 is 78.2 Å². The van der Waals surface area contributed by atoms with Crippen LogP contribution in [0.3, 0.4) is 0 Å². The van der Waals surface area contributed by atoms with Gasteiger partial charge in [-0.2, -0.15) is 13.2 Å². The molecular formula is C62H74F5N9O9S3. The maximum atomic E-state index is 14.5. The van der Waals surface area contributed by atoms with Crippen LogP contribution in [0, 0.1) is 5.41 Å². The lowest BCUT2D eigenvalue weighted by Crippen LogP contribution is -2.54. The Morgan fingerprint density at radius 2 is 1.47 bits per heavy atom. The summed E-state index contributed by atoms with van der Waals surface area (Å²) >= 11 is 1.41. The number of nitrogens with zero attached hydrogens (tertiary/aromatic N) is 5. The Labute approximate surface area is 514 Å². The lowest BCUT2D eigenvalue weighted by molar-refractivity contribution is -0.136. The first-order chi connectivity index (χ1) is 41.7. The molecule has 4 heterocycles. The van der Waals surface area contributed by atoms with Gasteiger partial charge in [-0.25, -0.2) is 30.3 Å². The number of fused-ring (bicyclic) bond motifs is 1. The first-order valence-electron chi connectivity index (χ1n) is 29.5. The van der Waals surface area contributed by atoms with Gasteiger partial charge in [0.1, 0.15) is 10.9 Å². The summed E-state index contributed by atoms with van der Waals surface area (Å²) < 4.78 is 126. The van der Waals surface area contributed by atoms with E-state index in [1.165, 1.54) is 29.5 Å². The lowest BCUT2D eigenvalue weighted by Gasteiger charge is -2.39. The Hall–Kier alpha value is -6.71. The summed E-state index contributed by atoms with van der Waals surface area (Å²) in [6.07, 6.45) is 1.46. The van der Waals surface area contributed by atoms with E-state index in [4.69, 9.17) is 0 Å². The molecule has 3 saturated heterocycles. The van der Waals surface area contributed by atoms with Crippen LogP contribution >= 0.6 is 11.8 Å². The fraction of sp³-hybridized carbons (Fsp3) is 0.468. The number of anilines is 3. The highest BCUT2D eigenvalue weighted by atomic mass is 32.2. The third-order valence-corrected chi connectivity index (χ3v) is 20.9. The van der Waals surface area contributed by atoms with Crippen LogP contribution in [0.1, 0.15) is 103 Å². The van der Waals surface area contributed by atoms with Gasteiger partial charge in [-0.1, -0.05) is 49.8 Å². The van der Waals surface area contributed by atoms with Crippen LogP contribution < -0.4 is 25.6 Å². The Bertz CT molecular complexity index is 3520. The normalized spacial score (nSPS) is 19.4.